The van der Waals surface area contributed by atoms with Gasteiger partial charge in [0.2, 0.25) is 0 Å². The van der Waals surface area contributed by atoms with Crippen LogP contribution in [0.3, 0.4) is 0 Å². The molecule has 33 heavy (non-hydrogen) atoms. The lowest BCUT2D eigenvalue weighted by Gasteiger charge is -2.11. The van der Waals surface area contributed by atoms with Crippen LogP contribution in [0.4, 0.5) is 11.4 Å². The quantitative estimate of drug-likeness (QED) is 0.346. The molecule has 0 aliphatic carbocycles. The highest BCUT2D eigenvalue weighted by atomic mass is 16.6. The van der Waals surface area contributed by atoms with Gasteiger partial charge in [-0.3, -0.25) is 14.9 Å². The molecule has 0 aromatic heterocycles. The molecule has 3 aromatic rings. The van der Waals surface area contributed by atoms with Gasteiger partial charge in [0.25, 0.3) is 11.6 Å². The number of methoxy groups -OCH3 is 2. The molecule has 9 nitrogen and oxygen atoms in total. The van der Waals surface area contributed by atoms with Crippen LogP contribution in [0, 0.1) is 10.1 Å². The molecule has 1 heterocycles. The molecule has 0 fully saturated rings. The van der Waals surface area contributed by atoms with Gasteiger partial charge >= 0.3 is 0 Å². The topological polar surface area (TPSA) is 114 Å². The first-order valence-electron chi connectivity index (χ1n) is 9.82. The molecule has 0 atom stereocenters. The maximum Gasteiger partial charge on any atom is 0.281 e. The molecule has 1 N–H and O–H groups in total. The van der Waals surface area contributed by atoms with Gasteiger partial charge in [-0.2, -0.15) is 10.1 Å². The Labute approximate surface area is 189 Å². The third-order valence-electron chi connectivity index (χ3n) is 5.06. The van der Waals surface area contributed by atoms with Crippen LogP contribution in [-0.2, 0) is 4.79 Å². The van der Waals surface area contributed by atoms with E-state index in [0.717, 1.165) is 0 Å². The number of phenolic OH excluding ortho intramolecular Hbond substituents is 1. The number of hydrogen-bond acceptors (Lipinski definition) is 7. The number of aromatic hydroxyl groups is 1. The number of phenols is 1. The molecule has 0 unspecified atom stereocenters. The second-order valence-electron chi connectivity index (χ2n) is 7.06. The predicted octanol–water partition coefficient (Wildman–Crippen LogP) is 4.15. The number of carbonyl (C=O) groups is 1. The number of nitrogens with zero attached hydrogens (tertiary/aromatic N) is 3. The molecule has 0 bridgehead atoms. The van der Waals surface area contributed by atoms with Crippen LogP contribution in [0.2, 0.25) is 0 Å². The van der Waals surface area contributed by atoms with Crippen molar-refractivity contribution in [3.05, 3.63) is 93.5 Å². The summed E-state index contributed by atoms with van der Waals surface area (Å²) in [6.45, 7) is 0. The number of non-ortho nitro benzene ring substituents is 1. The molecule has 0 saturated carbocycles. The fourth-order valence-electron chi connectivity index (χ4n) is 3.36. The molecule has 0 radical (unpaired) electrons. The highest BCUT2D eigenvalue weighted by Gasteiger charge is 2.32. The van der Waals surface area contributed by atoms with E-state index in [2.05, 4.69) is 5.10 Å². The number of hydrogen-bond donors (Lipinski definition) is 1. The van der Waals surface area contributed by atoms with Gasteiger partial charge < -0.3 is 14.6 Å². The molecule has 0 saturated heterocycles. The van der Waals surface area contributed by atoms with Crippen molar-refractivity contribution < 1.29 is 24.3 Å². The van der Waals surface area contributed by atoms with E-state index in [-0.39, 0.29) is 11.4 Å². The number of carbonyl (C=O) groups excluding carboxylic acids is 1. The summed E-state index contributed by atoms with van der Waals surface area (Å²) in [7, 11) is 3.01. The minimum Gasteiger partial charge on any atom is -0.504 e. The lowest BCUT2D eigenvalue weighted by Crippen LogP contribution is -2.21. The number of nitro groups is 1. The van der Waals surface area contributed by atoms with E-state index >= 15 is 0 Å². The summed E-state index contributed by atoms with van der Waals surface area (Å²) in [6, 6.07) is 17.4. The zero-order chi connectivity index (χ0) is 23.5. The minimum absolute atomic E-state index is 0.0625. The molecular formula is C24H19N3O6. The van der Waals surface area contributed by atoms with Crippen molar-refractivity contribution in [2.75, 3.05) is 19.2 Å². The molecular weight excluding hydrogens is 426 g/mol. The molecule has 9 heteroatoms. The lowest BCUT2D eigenvalue weighted by molar-refractivity contribution is -0.384. The maximum atomic E-state index is 13.3. The standard InChI is InChI=1S/C24H19N3O6/c1-32-19-10-4-16(5-11-19)23-20(13-15-3-12-22(33-2)21(28)14-15)24(29)26(25-23)17-6-8-18(9-7-17)27(30)31/h3-14,28H,1-2H3/b20-13-. The average Bonchev–Trinajstić information content (AvgIpc) is 3.15. The number of hydrazone groups is 1. The van der Waals surface area contributed by atoms with Gasteiger partial charge in [0, 0.05) is 17.7 Å². The van der Waals surface area contributed by atoms with Crippen molar-refractivity contribution in [2.45, 2.75) is 0 Å². The third kappa shape index (κ3) is 4.24. The van der Waals surface area contributed by atoms with E-state index in [9.17, 15) is 20.0 Å². The Morgan fingerprint density at radius 1 is 1.00 bits per heavy atom. The van der Waals surface area contributed by atoms with Crippen LogP contribution in [0.15, 0.2) is 77.4 Å². The fourth-order valence-corrected chi connectivity index (χ4v) is 3.36. The van der Waals surface area contributed by atoms with Gasteiger partial charge in [-0.25, -0.2) is 0 Å². The minimum atomic E-state index is -0.511. The number of benzene rings is 3. The molecule has 3 aromatic carbocycles. The van der Waals surface area contributed by atoms with Gasteiger partial charge in [-0.05, 0) is 60.2 Å². The Balaban J connectivity index is 1.79. The summed E-state index contributed by atoms with van der Waals surface area (Å²) in [5.41, 5.74) is 2.26. The number of ether oxygens (including phenoxy) is 2. The van der Waals surface area contributed by atoms with Crippen molar-refractivity contribution in [3.8, 4) is 17.2 Å². The first kappa shape index (κ1) is 21.6. The second-order valence-corrected chi connectivity index (χ2v) is 7.06. The summed E-state index contributed by atoms with van der Waals surface area (Å²) in [4.78, 5) is 23.8. The third-order valence-corrected chi connectivity index (χ3v) is 5.06. The lowest BCUT2D eigenvalue weighted by atomic mass is 10.00. The van der Waals surface area contributed by atoms with E-state index < -0.39 is 10.8 Å². The maximum absolute atomic E-state index is 13.3. The number of rotatable bonds is 6. The summed E-state index contributed by atoms with van der Waals surface area (Å²) in [5, 5.41) is 26.8. The molecule has 0 spiro atoms. The Kier molecular flexibility index (Phi) is 5.77. The summed E-state index contributed by atoms with van der Waals surface area (Å²) < 4.78 is 10.3. The van der Waals surface area contributed by atoms with E-state index in [4.69, 9.17) is 9.47 Å². The summed E-state index contributed by atoms with van der Waals surface area (Å²) in [6.07, 6.45) is 1.62. The molecule has 4 rings (SSSR count). The SMILES string of the molecule is COc1ccc(C2=NN(c3ccc([N+](=O)[O-])cc3)C(=O)/C2=C\c2ccc(OC)c(O)c2)cc1. The van der Waals surface area contributed by atoms with Gasteiger partial charge in [0.1, 0.15) is 11.5 Å². The monoisotopic (exact) mass is 445 g/mol. The Bertz CT molecular complexity index is 1280. The van der Waals surface area contributed by atoms with Gasteiger partial charge in [-0.15, -0.1) is 0 Å². The van der Waals surface area contributed by atoms with Gasteiger partial charge in [-0.1, -0.05) is 6.07 Å². The van der Waals surface area contributed by atoms with Crippen molar-refractivity contribution >= 4 is 29.1 Å². The fraction of sp³-hybridized carbons (Fsp3) is 0.0833. The normalized spacial score (nSPS) is 14.4. The number of amides is 1. The molecule has 1 aliphatic rings. The van der Waals surface area contributed by atoms with Crippen LogP contribution in [-0.4, -0.2) is 35.9 Å². The van der Waals surface area contributed by atoms with Crippen molar-refractivity contribution in [1.29, 1.82) is 0 Å². The highest BCUT2D eigenvalue weighted by molar-refractivity contribution is 6.37. The van der Waals surface area contributed by atoms with Gasteiger partial charge in [0.05, 0.1) is 30.4 Å². The Morgan fingerprint density at radius 2 is 1.70 bits per heavy atom. The summed E-state index contributed by atoms with van der Waals surface area (Å²) in [5.74, 6) is 0.491. The van der Waals surface area contributed by atoms with Crippen molar-refractivity contribution in [3.63, 3.8) is 0 Å². The van der Waals surface area contributed by atoms with Gasteiger partial charge in [0.15, 0.2) is 11.5 Å². The predicted molar refractivity (Wildman–Crippen MR) is 123 cm³/mol. The zero-order valence-corrected chi connectivity index (χ0v) is 17.8. The van der Waals surface area contributed by atoms with E-state index in [1.807, 2.05) is 0 Å². The van der Waals surface area contributed by atoms with Crippen LogP contribution in [0.25, 0.3) is 6.08 Å². The highest BCUT2D eigenvalue weighted by Crippen LogP contribution is 2.32. The summed E-state index contributed by atoms with van der Waals surface area (Å²) >= 11 is 0. The largest absolute Gasteiger partial charge is 0.504 e. The molecule has 1 amide bonds. The second kappa shape index (κ2) is 8.83. The van der Waals surface area contributed by atoms with Crippen LogP contribution in [0.1, 0.15) is 11.1 Å². The first-order valence-corrected chi connectivity index (χ1v) is 9.82. The van der Waals surface area contributed by atoms with Crippen LogP contribution >= 0.6 is 0 Å². The van der Waals surface area contributed by atoms with Crippen LogP contribution < -0.4 is 14.5 Å². The van der Waals surface area contributed by atoms with Crippen molar-refractivity contribution in [2.24, 2.45) is 5.10 Å². The van der Waals surface area contributed by atoms with E-state index in [0.29, 0.717) is 39.6 Å². The average molecular weight is 445 g/mol. The Hall–Kier alpha value is -4.66. The first-order chi connectivity index (χ1) is 15.9. The zero-order valence-electron chi connectivity index (χ0n) is 17.8. The van der Waals surface area contributed by atoms with Crippen molar-refractivity contribution in [1.82, 2.24) is 0 Å². The van der Waals surface area contributed by atoms with Crippen LogP contribution in [0.5, 0.6) is 17.2 Å². The number of anilines is 1. The Morgan fingerprint density at radius 3 is 2.27 bits per heavy atom. The smallest absolute Gasteiger partial charge is 0.281 e. The van der Waals surface area contributed by atoms with E-state index in [1.54, 1.807) is 49.6 Å². The van der Waals surface area contributed by atoms with E-state index in [1.165, 1.54) is 42.5 Å². The number of nitro benzene ring substituents is 1. The molecule has 1 aliphatic heterocycles. The molecule has 166 valence electrons.